The molecule has 98 valence electrons. The van der Waals surface area contributed by atoms with Gasteiger partial charge in [0.2, 0.25) is 10.0 Å². The molecule has 16 heavy (non-hydrogen) atoms. The molecule has 0 atom stereocenters. The van der Waals surface area contributed by atoms with Gasteiger partial charge in [0.25, 0.3) is 0 Å². The van der Waals surface area contributed by atoms with Crippen molar-refractivity contribution >= 4 is 10.0 Å². The summed E-state index contributed by atoms with van der Waals surface area (Å²) in [6, 6.07) is 0. The standard InChI is InChI=1S/C8H18N2O3S.C2H6/c1-2-9-14(11,12)8-5-10-3-6-13-7-4-10;1-2/h9H,2-8H2,1H3;1-2H3. The fraction of sp³-hybridized carbons (Fsp3) is 1.00. The van der Waals surface area contributed by atoms with E-state index in [1.807, 2.05) is 13.8 Å². The summed E-state index contributed by atoms with van der Waals surface area (Å²) in [5.74, 6) is 0.181. The van der Waals surface area contributed by atoms with Crippen LogP contribution in [0.2, 0.25) is 0 Å². The normalized spacial score (nSPS) is 17.7. The molecule has 0 spiro atoms. The summed E-state index contributed by atoms with van der Waals surface area (Å²) in [5, 5.41) is 0. The second kappa shape index (κ2) is 8.92. The summed E-state index contributed by atoms with van der Waals surface area (Å²) in [6.45, 7) is 9.93. The fourth-order valence-corrected chi connectivity index (χ4v) is 2.45. The van der Waals surface area contributed by atoms with Crippen molar-refractivity contribution in [3.63, 3.8) is 0 Å². The lowest BCUT2D eigenvalue weighted by Crippen LogP contribution is -2.40. The van der Waals surface area contributed by atoms with Gasteiger partial charge in [-0.2, -0.15) is 0 Å². The van der Waals surface area contributed by atoms with Crippen molar-refractivity contribution in [3.8, 4) is 0 Å². The van der Waals surface area contributed by atoms with Crippen LogP contribution < -0.4 is 4.72 Å². The summed E-state index contributed by atoms with van der Waals surface area (Å²) in [7, 11) is -3.06. The number of nitrogens with zero attached hydrogens (tertiary/aromatic N) is 1. The minimum Gasteiger partial charge on any atom is -0.379 e. The van der Waals surface area contributed by atoms with Crippen molar-refractivity contribution in [3.05, 3.63) is 0 Å². The molecule has 1 heterocycles. The minimum atomic E-state index is -3.06. The van der Waals surface area contributed by atoms with Crippen LogP contribution in [0.15, 0.2) is 0 Å². The van der Waals surface area contributed by atoms with Gasteiger partial charge < -0.3 is 4.74 Å². The summed E-state index contributed by atoms with van der Waals surface area (Å²) >= 11 is 0. The molecule has 1 saturated heterocycles. The largest absolute Gasteiger partial charge is 0.379 e. The first-order chi connectivity index (χ1) is 7.64. The van der Waals surface area contributed by atoms with Gasteiger partial charge in [0.05, 0.1) is 19.0 Å². The van der Waals surface area contributed by atoms with Crippen molar-refractivity contribution in [2.45, 2.75) is 20.8 Å². The zero-order valence-electron chi connectivity index (χ0n) is 10.5. The molecule has 6 heteroatoms. The van der Waals surface area contributed by atoms with E-state index < -0.39 is 10.0 Å². The Morgan fingerprint density at radius 2 is 1.81 bits per heavy atom. The van der Waals surface area contributed by atoms with Crippen LogP contribution in [0.4, 0.5) is 0 Å². The van der Waals surface area contributed by atoms with Crippen molar-refractivity contribution in [1.29, 1.82) is 0 Å². The average molecular weight is 252 g/mol. The average Bonchev–Trinajstić information content (AvgIpc) is 2.31. The van der Waals surface area contributed by atoms with Crippen molar-refractivity contribution in [2.24, 2.45) is 0 Å². The highest BCUT2D eigenvalue weighted by atomic mass is 32.2. The number of nitrogens with one attached hydrogen (secondary N) is 1. The second-order valence-electron chi connectivity index (χ2n) is 3.27. The van der Waals surface area contributed by atoms with Gasteiger partial charge in [-0.25, -0.2) is 13.1 Å². The van der Waals surface area contributed by atoms with Gasteiger partial charge in [0.15, 0.2) is 0 Å². The molecule has 0 aliphatic carbocycles. The first kappa shape index (κ1) is 15.8. The predicted octanol–water partition coefficient (Wildman–Crippen LogP) is 0.284. The molecule has 1 rings (SSSR count). The Morgan fingerprint density at radius 3 is 2.31 bits per heavy atom. The third-order valence-corrected chi connectivity index (χ3v) is 3.59. The maximum absolute atomic E-state index is 11.3. The first-order valence-corrected chi connectivity index (χ1v) is 7.57. The molecular formula is C10H24N2O3S. The molecule has 0 unspecified atom stereocenters. The van der Waals surface area contributed by atoms with E-state index in [0.717, 1.165) is 13.1 Å². The highest BCUT2D eigenvalue weighted by molar-refractivity contribution is 7.89. The molecule has 1 aliphatic heterocycles. The van der Waals surface area contributed by atoms with Gasteiger partial charge in [-0.15, -0.1) is 0 Å². The molecule has 0 aromatic heterocycles. The molecule has 1 N–H and O–H groups in total. The fourth-order valence-electron chi connectivity index (χ4n) is 1.37. The molecule has 0 bridgehead atoms. The van der Waals surface area contributed by atoms with Gasteiger partial charge in [-0.05, 0) is 0 Å². The van der Waals surface area contributed by atoms with Crippen LogP contribution in [0.1, 0.15) is 20.8 Å². The van der Waals surface area contributed by atoms with Crippen molar-refractivity contribution in [1.82, 2.24) is 9.62 Å². The van der Waals surface area contributed by atoms with Crippen LogP contribution in [0.25, 0.3) is 0 Å². The Kier molecular flexibility index (Phi) is 8.83. The molecular weight excluding hydrogens is 228 g/mol. The van der Waals surface area contributed by atoms with Crippen molar-refractivity contribution in [2.75, 3.05) is 45.1 Å². The molecule has 1 fully saturated rings. The Labute approximate surface area is 99.2 Å². The smallest absolute Gasteiger partial charge is 0.212 e. The first-order valence-electron chi connectivity index (χ1n) is 5.91. The monoisotopic (exact) mass is 252 g/mol. The van der Waals surface area contributed by atoms with Crippen LogP contribution in [0.3, 0.4) is 0 Å². The maximum atomic E-state index is 11.3. The minimum absolute atomic E-state index is 0.181. The van der Waals surface area contributed by atoms with Crippen LogP contribution in [0, 0.1) is 0 Å². The van der Waals surface area contributed by atoms with E-state index in [1.165, 1.54) is 0 Å². The molecule has 0 aromatic rings. The van der Waals surface area contributed by atoms with E-state index in [9.17, 15) is 8.42 Å². The SMILES string of the molecule is CC.CCNS(=O)(=O)CCN1CCOCC1. The number of sulfonamides is 1. The molecule has 0 radical (unpaired) electrons. The maximum Gasteiger partial charge on any atom is 0.212 e. The summed E-state index contributed by atoms with van der Waals surface area (Å²) in [6.07, 6.45) is 0. The second-order valence-corrected chi connectivity index (χ2v) is 5.20. The molecule has 1 aliphatic rings. The van der Waals surface area contributed by atoms with Gasteiger partial charge in [-0.1, -0.05) is 20.8 Å². The Balaban J connectivity index is 0.00000106. The van der Waals surface area contributed by atoms with Crippen molar-refractivity contribution < 1.29 is 13.2 Å². The predicted molar refractivity (Wildman–Crippen MR) is 66.1 cm³/mol. The molecule has 5 nitrogen and oxygen atoms in total. The zero-order valence-corrected chi connectivity index (χ0v) is 11.3. The Bertz CT molecular complexity index is 249. The number of rotatable bonds is 5. The lowest BCUT2D eigenvalue weighted by Gasteiger charge is -2.26. The highest BCUT2D eigenvalue weighted by Gasteiger charge is 2.14. The van der Waals surface area contributed by atoms with E-state index in [4.69, 9.17) is 4.74 Å². The number of morpholine rings is 1. The van der Waals surface area contributed by atoms with Gasteiger partial charge in [-0.3, -0.25) is 4.90 Å². The quantitative estimate of drug-likeness (QED) is 0.764. The number of hydrogen-bond donors (Lipinski definition) is 1. The Hall–Kier alpha value is -0.170. The van der Waals surface area contributed by atoms with E-state index in [0.29, 0.717) is 26.3 Å². The third kappa shape index (κ3) is 7.16. The number of hydrogen-bond acceptors (Lipinski definition) is 4. The van der Waals surface area contributed by atoms with Crippen LogP contribution in [-0.4, -0.2) is 58.5 Å². The molecule has 0 amide bonds. The summed E-state index contributed by atoms with van der Waals surface area (Å²) < 4.78 is 30.3. The highest BCUT2D eigenvalue weighted by Crippen LogP contribution is 1.97. The Morgan fingerprint density at radius 1 is 1.25 bits per heavy atom. The van der Waals surface area contributed by atoms with E-state index >= 15 is 0 Å². The topological polar surface area (TPSA) is 58.6 Å². The summed E-state index contributed by atoms with van der Waals surface area (Å²) in [5.41, 5.74) is 0. The lowest BCUT2D eigenvalue weighted by molar-refractivity contribution is 0.0408. The molecule has 0 saturated carbocycles. The van der Waals surface area contributed by atoms with Crippen LogP contribution in [0.5, 0.6) is 0 Å². The summed E-state index contributed by atoms with van der Waals surface area (Å²) in [4.78, 5) is 2.11. The van der Waals surface area contributed by atoms with E-state index in [2.05, 4.69) is 9.62 Å². The lowest BCUT2D eigenvalue weighted by atomic mass is 10.4. The van der Waals surface area contributed by atoms with E-state index in [1.54, 1.807) is 6.92 Å². The third-order valence-electron chi connectivity index (χ3n) is 2.14. The van der Waals surface area contributed by atoms with Gasteiger partial charge in [0, 0.05) is 26.2 Å². The van der Waals surface area contributed by atoms with Gasteiger partial charge in [0.1, 0.15) is 0 Å². The van der Waals surface area contributed by atoms with Crippen LogP contribution >= 0.6 is 0 Å². The van der Waals surface area contributed by atoms with Gasteiger partial charge >= 0.3 is 0 Å². The van der Waals surface area contributed by atoms with E-state index in [-0.39, 0.29) is 5.75 Å². The van der Waals surface area contributed by atoms with Crippen LogP contribution in [-0.2, 0) is 14.8 Å². The zero-order chi connectivity index (χ0) is 12.4. The number of ether oxygens (including phenoxy) is 1. The molecule has 0 aromatic carbocycles.